The third-order valence-corrected chi connectivity index (χ3v) is 1.52. The second kappa shape index (κ2) is 5.34. The third-order valence-electron chi connectivity index (χ3n) is 1.52. The fraction of sp³-hybridized carbons (Fsp3) is 0.200. The molecule has 0 bridgehead atoms. The van der Waals surface area contributed by atoms with Gasteiger partial charge in [0.05, 0.1) is 6.61 Å². The largest absolute Gasteiger partial charge is 0.435 e. The highest BCUT2D eigenvalue weighted by atomic mass is 19.3. The average molecular weight is 200 g/mol. The average Bonchev–Trinajstić information content (AvgIpc) is 2.16. The van der Waals surface area contributed by atoms with Crippen LogP contribution in [0, 0.1) is 0 Å². The molecule has 0 aromatic heterocycles. The number of alkyl halides is 2. The van der Waals surface area contributed by atoms with Crippen LogP contribution in [-0.2, 0) is 0 Å². The Morgan fingerprint density at radius 2 is 1.93 bits per heavy atom. The Hall–Kier alpha value is -1.42. The molecule has 1 rings (SSSR count). The quantitative estimate of drug-likeness (QED) is 0.808. The first-order valence-electron chi connectivity index (χ1n) is 4.04. The Labute approximate surface area is 80.4 Å². The van der Waals surface area contributed by atoms with E-state index < -0.39 is 6.61 Å². The normalized spacial score (nSPS) is 11.1. The molecular weight excluding hydrogens is 190 g/mol. The van der Waals surface area contributed by atoms with Crippen LogP contribution in [0.15, 0.2) is 30.3 Å². The molecule has 0 unspecified atom stereocenters. The summed E-state index contributed by atoms with van der Waals surface area (Å²) in [6.07, 6.45) is 3.25. The van der Waals surface area contributed by atoms with E-state index in [1.165, 1.54) is 12.1 Å². The highest BCUT2D eigenvalue weighted by molar-refractivity contribution is 5.50. The van der Waals surface area contributed by atoms with E-state index in [2.05, 4.69) is 4.74 Å². The van der Waals surface area contributed by atoms with Crippen LogP contribution >= 0.6 is 0 Å². The number of rotatable bonds is 4. The van der Waals surface area contributed by atoms with Crippen LogP contribution in [0.1, 0.15) is 5.56 Å². The lowest BCUT2D eigenvalue weighted by Gasteiger charge is -2.03. The molecule has 0 amide bonds. The van der Waals surface area contributed by atoms with Gasteiger partial charge < -0.3 is 9.84 Å². The molecule has 0 fully saturated rings. The molecule has 0 saturated carbocycles. The van der Waals surface area contributed by atoms with Gasteiger partial charge in [-0.1, -0.05) is 24.3 Å². The second-order valence-electron chi connectivity index (χ2n) is 2.53. The summed E-state index contributed by atoms with van der Waals surface area (Å²) in [5.41, 5.74) is 0.820. The van der Waals surface area contributed by atoms with Crippen molar-refractivity contribution in [3.63, 3.8) is 0 Å². The lowest BCUT2D eigenvalue weighted by atomic mass is 10.2. The lowest BCUT2D eigenvalue weighted by molar-refractivity contribution is -0.0498. The van der Waals surface area contributed by atoms with Crippen molar-refractivity contribution in [3.8, 4) is 5.75 Å². The first-order valence-corrected chi connectivity index (χ1v) is 4.04. The van der Waals surface area contributed by atoms with Gasteiger partial charge in [0.2, 0.25) is 0 Å². The molecule has 0 radical (unpaired) electrons. The fourth-order valence-corrected chi connectivity index (χ4v) is 0.949. The maximum atomic E-state index is 11.8. The van der Waals surface area contributed by atoms with Gasteiger partial charge in [0, 0.05) is 0 Å². The Kier molecular flexibility index (Phi) is 4.07. The summed E-state index contributed by atoms with van der Waals surface area (Å²) in [6.45, 7) is -2.84. The molecule has 0 spiro atoms. The summed E-state index contributed by atoms with van der Waals surface area (Å²) in [7, 11) is 0. The number of aliphatic hydroxyl groups excluding tert-OH is 1. The van der Waals surface area contributed by atoms with E-state index in [1.54, 1.807) is 24.3 Å². The molecule has 0 aliphatic rings. The molecule has 0 heterocycles. The van der Waals surface area contributed by atoms with Gasteiger partial charge >= 0.3 is 6.61 Å². The maximum Gasteiger partial charge on any atom is 0.387 e. The topological polar surface area (TPSA) is 29.5 Å². The van der Waals surface area contributed by atoms with Gasteiger partial charge in [-0.3, -0.25) is 0 Å². The Morgan fingerprint density at radius 3 is 2.43 bits per heavy atom. The summed E-state index contributed by atoms with van der Waals surface area (Å²) in [6, 6.07) is 6.15. The van der Waals surface area contributed by atoms with E-state index in [0.717, 1.165) is 5.56 Å². The van der Waals surface area contributed by atoms with Gasteiger partial charge in [0.15, 0.2) is 0 Å². The number of benzene rings is 1. The van der Waals surface area contributed by atoms with Crippen molar-refractivity contribution >= 4 is 6.08 Å². The predicted molar refractivity (Wildman–Crippen MR) is 49.2 cm³/mol. The number of hydrogen-bond acceptors (Lipinski definition) is 2. The van der Waals surface area contributed by atoms with E-state index in [4.69, 9.17) is 5.11 Å². The van der Waals surface area contributed by atoms with Crippen molar-refractivity contribution in [1.82, 2.24) is 0 Å². The molecule has 0 aliphatic carbocycles. The van der Waals surface area contributed by atoms with E-state index in [9.17, 15) is 8.78 Å². The van der Waals surface area contributed by atoms with Crippen molar-refractivity contribution in [2.24, 2.45) is 0 Å². The first-order chi connectivity index (χ1) is 6.72. The molecule has 1 aromatic rings. The van der Waals surface area contributed by atoms with Crippen molar-refractivity contribution in [1.29, 1.82) is 0 Å². The standard InChI is InChI=1S/C10H10F2O2/c11-10(12)14-9-5-3-8(4-6-9)2-1-7-13/h1-6,10,13H,7H2. The minimum absolute atomic E-state index is 0.0463. The minimum Gasteiger partial charge on any atom is -0.435 e. The van der Waals surface area contributed by atoms with Crippen molar-refractivity contribution in [2.75, 3.05) is 6.61 Å². The number of aliphatic hydroxyl groups is 1. The molecular formula is C10H10F2O2. The summed E-state index contributed by atoms with van der Waals surface area (Å²) in [5.74, 6) is 0.126. The third kappa shape index (κ3) is 3.53. The predicted octanol–water partition coefficient (Wildman–Crippen LogP) is 2.29. The van der Waals surface area contributed by atoms with Gasteiger partial charge in [-0.05, 0) is 17.7 Å². The van der Waals surface area contributed by atoms with E-state index in [-0.39, 0.29) is 12.4 Å². The van der Waals surface area contributed by atoms with Crippen LogP contribution in [0.25, 0.3) is 6.08 Å². The SMILES string of the molecule is OCC=Cc1ccc(OC(F)F)cc1. The van der Waals surface area contributed by atoms with Crippen LogP contribution < -0.4 is 4.74 Å². The van der Waals surface area contributed by atoms with Crippen LogP contribution in [0.3, 0.4) is 0 Å². The van der Waals surface area contributed by atoms with E-state index in [1.807, 2.05) is 0 Å². The molecule has 0 atom stereocenters. The van der Waals surface area contributed by atoms with Crippen molar-refractivity contribution < 1.29 is 18.6 Å². The second-order valence-corrected chi connectivity index (χ2v) is 2.53. The zero-order valence-electron chi connectivity index (χ0n) is 7.36. The lowest BCUT2D eigenvalue weighted by Crippen LogP contribution is -2.01. The summed E-state index contributed by atoms with van der Waals surface area (Å²) in [5, 5.41) is 8.49. The summed E-state index contributed by atoms with van der Waals surface area (Å²) >= 11 is 0. The van der Waals surface area contributed by atoms with Gasteiger partial charge in [0.25, 0.3) is 0 Å². The summed E-state index contributed by atoms with van der Waals surface area (Å²) in [4.78, 5) is 0. The highest BCUT2D eigenvalue weighted by Gasteiger charge is 2.02. The molecule has 1 aromatic carbocycles. The fourth-order valence-electron chi connectivity index (χ4n) is 0.949. The highest BCUT2D eigenvalue weighted by Crippen LogP contribution is 2.15. The molecule has 0 aliphatic heterocycles. The van der Waals surface area contributed by atoms with Gasteiger partial charge in [0.1, 0.15) is 5.75 Å². The van der Waals surface area contributed by atoms with Crippen molar-refractivity contribution in [3.05, 3.63) is 35.9 Å². The van der Waals surface area contributed by atoms with Crippen LogP contribution in [0.4, 0.5) is 8.78 Å². The zero-order chi connectivity index (χ0) is 10.4. The monoisotopic (exact) mass is 200 g/mol. The molecule has 4 heteroatoms. The van der Waals surface area contributed by atoms with Gasteiger partial charge in [-0.15, -0.1) is 0 Å². The molecule has 1 N–H and O–H groups in total. The first kappa shape index (κ1) is 10.7. The summed E-state index contributed by atoms with van der Waals surface area (Å²) < 4.78 is 27.7. The van der Waals surface area contributed by atoms with Crippen molar-refractivity contribution in [2.45, 2.75) is 6.61 Å². The number of ether oxygens (including phenoxy) is 1. The van der Waals surface area contributed by atoms with E-state index in [0.29, 0.717) is 0 Å². The molecule has 76 valence electrons. The minimum atomic E-state index is -2.80. The molecule has 2 nitrogen and oxygen atoms in total. The van der Waals surface area contributed by atoms with Crippen LogP contribution in [0.5, 0.6) is 5.75 Å². The molecule has 14 heavy (non-hydrogen) atoms. The Balaban J connectivity index is 2.64. The zero-order valence-corrected chi connectivity index (χ0v) is 7.36. The Bertz CT molecular complexity index is 293. The van der Waals surface area contributed by atoms with E-state index >= 15 is 0 Å². The van der Waals surface area contributed by atoms with Gasteiger partial charge in [-0.2, -0.15) is 8.78 Å². The Morgan fingerprint density at radius 1 is 1.29 bits per heavy atom. The van der Waals surface area contributed by atoms with Crippen LogP contribution in [-0.4, -0.2) is 18.3 Å². The van der Waals surface area contributed by atoms with Crippen LogP contribution in [0.2, 0.25) is 0 Å². The van der Waals surface area contributed by atoms with Gasteiger partial charge in [-0.25, -0.2) is 0 Å². The maximum absolute atomic E-state index is 11.8. The number of halogens is 2. The smallest absolute Gasteiger partial charge is 0.387 e. The number of hydrogen-bond donors (Lipinski definition) is 1. The molecule has 0 saturated heterocycles.